The molecule has 0 aromatic rings. The molecule has 0 spiro atoms. The minimum absolute atomic E-state index is 0.726. The zero-order valence-corrected chi connectivity index (χ0v) is 12.7. The lowest BCUT2D eigenvalue weighted by Crippen LogP contribution is -2.41. The average Bonchev–Trinajstić information content (AvgIpc) is 2.48. The third-order valence-electron chi connectivity index (χ3n) is 4.94. The van der Waals surface area contributed by atoms with E-state index in [1.165, 1.54) is 32.2 Å². The number of piperidine rings is 2. The predicted octanol–water partition coefficient (Wildman–Crippen LogP) is 1.84. The Kier molecular flexibility index (Phi) is 6.10. The van der Waals surface area contributed by atoms with Crippen LogP contribution >= 0.6 is 0 Å². The molecule has 0 atom stereocenters. The van der Waals surface area contributed by atoms with Gasteiger partial charge in [0.1, 0.15) is 0 Å². The second-order valence-corrected chi connectivity index (χ2v) is 6.32. The Labute approximate surface area is 122 Å². The highest BCUT2D eigenvalue weighted by atomic mass is 16.4. The van der Waals surface area contributed by atoms with Crippen LogP contribution in [0.4, 0.5) is 4.79 Å². The van der Waals surface area contributed by atoms with Crippen LogP contribution in [0.15, 0.2) is 0 Å². The SMILES string of the molecule is CN(CCCC1CCN(C(=O)O)CC1)C1CCNCC1. The fourth-order valence-electron chi connectivity index (χ4n) is 3.47. The van der Waals surface area contributed by atoms with Gasteiger partial charge in [0.05, 0.1) is 0 Å². The molecule has 5 nitrogen and oxygen atoms in total. The summed E-state index contributed by atoms with van der Waals surface area (Å²) in [5.41, 5.74) is 0. The topological polar surface area (TPSA) is 55.8 Å². The smallest absolute Gasteiger partial charge is 0.407 e. The van der Waals surface area contributed by atoms with Crippen molar-refractivity contribution < 1.29 is 9.90 Å². The average molecular weight is 283 g/mol. The lowest BCUT2D eigenvalue weighted by molar-refractivity contribution is 0.121. The first-order chi connectivity index (χ1) is 9.66. The van der Waals surface area contributed by atoms with Crippen molar-refractivity contribution in [3.05, 3.63) is 0 Å². The van der Waals surface area contributed by atoms with Crippen molar-refractivity contribution in [1.82, 2.24) is 15.1 Å². The number of carbonyl (C=O) groups is 1. The van der Waals surface area contributed by atoms with Gasteiger partial charge in [0.15, 0.2) is 0 Å². The molecule has 116 valence electrons. The third-order valence-corrected chi connectivity index (χ3v) is 4.94. The molecule has 2 aliphatic heterocycles. The van der Waals surface area contributed by atoms with Crippen molar-refractivity contribution in [2.24, 2.45) is 5.92 Å². The largest absolute Gasteiger partial charge is 0.465 e. The number of amides is 1. The Morgan fingerprint density at radius 1 is 1.25 bits per heavy atom. The monoisotopic (exact) mass is 283 g/mol. The van der Waals surface area contributed by atoms with Gasteiger partial charge in [0.25, 0.3) is 0 Å². The first-order valence-electron chi connectivity index (χ1n) is 8.05. The van der Waals surface area contributed by atoms with Crippen molar-refractivity contribution in [2.75, 3.05) is 39.8 Å². The quantitative estimate of drug-likeness (QED) is 0.808. The van der Waals surface area contributed by atoms with Crippen LogP contribution in [-0.2, 0) is 0 Å². The first-order valence-corrected chi connectivity index (χ1v) is 8.05. The van der Waals surface area contributed by atoms with E-state index in [0.717, 1.165) is 51.0 Å². The van der Waals surface area contributed by atoms with Crippen LogP contribution in [0.2, 0.25) is 0 Å². The molecule has 0 bridgehead atoms. The molecular weight excluding hydrogens is 254 g/mol. The third kappa shape index (κ3) is 4.63. The van der Waals surface area contributed by atoms with E-state index >= 15 is 0 Å². The number of nitrogens with zero attached hydrogens (tertiary/aromatic N) is 2. The van der Waals surface area contributed by atoms with Crippen molar-refractivity contribution in [1.29, 1.82) is 0 Å². The lowest BCUT2D eigenvalue weighted by atomic mass is 9.92. The molecule has 2 saturated heterocycles. The van der Waals surface area contributed by atoms with E-state index in [4.69, 9.17) is 5.11 Å². The van der Waals surface area contributed by atoms with E-state index in [1.807, 2.05) is 0 Å². The minimum Gasteiger partial charge on any atom is -0.465 e. The van der Waals surface area contributed by atoms with Crippen molar-refractivity contribution in [2.45, 2.75) is 44.6 Å². The molecule has 0 aliphatic carbocycles. The summed E-state index contributed by atoms with van der Waals surface area (Å²) in [6, 6.07) is 0.755. The summed E-state index contributed by atoms with van der Waals surface area (Å²) in [6.07, 6.45) is 6.38. The molecule has 2 rings (SSSR count). The van der Waals surface area contributed by atoms with Crippen LogP contribution in [0.5, 0.6) is 0 Å². The molecule has 0 saturated carbocycles. The summed E-state index contributed by atoms with van der Waals surface area (Å²) in [4.78, 5) is 14.9. The molecular formula is C15H29N3O2. The molecule has 2 N–H and O–H groups in total. The molecule has 0 radical (unpaired) electrons. The van der Waals surface area contributed by atoms with Crippen LogP contribution in [0, 0.1) is 5.92 Å². The van der Waals surface area contributed by atoms with Crippen LogP contribution in [0.25, 0.3) is 0 Å². The Balaban J connectivity index is 1.58. The van der Waals surface area contributed by atoms with Gasteiger partial charge in [-0.05, 0) is 71.1 Å². The Morgan fingerprint density at radius 3 is 2.50 bits per heavy atom. The highest BCUT2D eigenvalue weighted by molar-refractivity contribution is 5.64. The summed E-state index contributed by atoms with van der Waals surface area (Å²) in [5.74, 6) is 0.729. The molecule has 0 aromatic carbocycles. The van der Waals surface area contributed by atoms with E-state index in [9.17, 15) is 4.79 Å². The van der Waals surface area contributed by atoms with E-state index < -0.39 is 6.09 Å². The second kappa shape index (κ2) is 7.84. The predicted molar refractivity (Wildman–Crippen MR) is 80.1 cm³/mol. The van der Waals surface area contributed by atoms with Gasteiger partial charge in [-0.15, -0.1) is 0 Å². The zero-order chi connectivity index (χ0) is 14.4. The van der Waals surface area contributed by atoms with Crippen LogP contribution in [0.3, 0.4) is 0 Å². The summed E-state index contributed by atoms with van der Waals surface area (Å²) >= 11 is 0. The summed E-state index contributed by atoms with van der Waals surface area (Å²) < 4.78 is 0. The van der Waals surface area contributed by atoms with Crippen molar-refractivity contribution in [3.63, 3.8) is 0 Å². The first kappa shape index (κ1) is 15.6. The molecule has 20 heavy (non-hydrogen) atoms. The maximum absolute atomic E-state index is 10.9. The summed E-state index contributed by atoms with van der Waals surface area (Å²) in [5, 5.41) is 12.3. The van der Waals surface area contributed by atoms with Gasteiger partial charge in [-0.3, -0.25) is 0 Å². The number of nitrogens with one attached hydrogen (secondary N) is 1. The van der Waals surface area contributed by atoms with Crippen LogP contribution in [0.1, 0.15) is 38.5 Å². The minimum atomic E-state index is -0.755. The lowest BCUT2D eigenvalue weighted by Gasteiger charge is -2.33. The number of rotatable bonds is 5. The van der Waals surface area contributed by atoms with Gasteiger partial charge in [-0.1, -0.05) is 0 Å². The highest BCUT2D eigenvalue weighted by Crippen LogP contribution is 2.22. The summed E-state index contributed by atoms with van der Waals surface area (Å²) in [6.45, 7) is 4.95. The Bertz CT molecular complexity index is 297. The van der Waals surface area contributed by atoms with Crippen LogP contribution < -0.4 is 5.32 Å². The molecule has 2 heterocycles. The maximum atomic E-state index is 10.9. The molecule has 0 unspecified atom stereocenters. The van der Waals surface area contributed by atoms with Gasteiger partial charge in [-0.25, -0.2) is 4.79 Å². The standard InChI is InChI=1S/C15H29N3O2/c1-17(14-4-8-16-9-5-14)10-2-3-13-6-11-18(12-7-13)15(19)20/h13-14,16H,2-12H2,1H3,(H,19,20). The van der Waals surface area contributed by atoms with Crippen LogP contribution in [-0.4, -0.2) is 66.8 Å². The van der Waals surface area contributed by atoms with E-state index in [2.05, 4.69) is 17.3 Å². The zero-order valence-electron chi connectivity index (χ0n) is 12.7. The fourth-order valence-corrected chi connectivity index (χ4v) is 3.47. The van der Waals surface area contributed by atoms with Gasteiger partial charge < -0.3 is 20.2 Å². The van der Waals surface area contributed by atoms with Crippen molar-refractivity contribution in [3.8, 4) is 0 Å². The summed E-state index contributed by atoms with van der Waals surface area (Å²) in [7, 11) is 2.25. The normalized spacial score (nSPS) is 22.4. The second-order valence-electron chi connectivity index (χ2n) is 6.32. The fraction of sp³-hybridized carbons (Fsp3) is 0.933. The molecule has 1 amide bonds. The van der Waals surface area contributed by atoms with Gasteiger partial charge >= 0.3 is 6.09 Å². The number of carboxylic acid groups (broad SMARTS) is 1. The molecule has 2 fully saturated rings. The maximum Gasteiger partial charge on any atom is 0.407 e. The van der Waals surface area contributed by atoms with E-state index in [1.54, 1.807) is 4.90 Å². The van der Waals surface area contributed by atoms with Gasteiger partial charge in [-0.2, -0.15) is 0 Å². The van der Waals surface area contributed by atoms with Gasteiger partial charge in [0, 0.05) is 19.1 Å². The number of likely N-dealkylation sites (tertiary alicyclic amines) is 1. The molecule has 0 aromatic heterocycles. The molecule has 2 aliphatic rings. The Hall–Kier alpha value is -0.810. The molecule has 5 heteroatoms. The number of hydrogen-bond donors (Lipinski definition) is 2. The van der Waals surface area contributed by atoms with Crippen molar-refractivity contribution >= 4 is 6.09 Å². The van der Waals surface area contributed by atoms with Gasteiger partial charge in [0.2, 0.25) is 0 Å². The van der Waals surface area contributed by atoms with E-state index in [-0.39, 0.29) is 0 Å². The Morgan fingerprint density at radius 2 is 1.90 bits per heavy atom. The number of hydrogen-bond acceptors (Lipinski definition) is 3. The van der Waals surface area contributed by atoms with E-state index in [0.29, 0.717) is 0 Å². The highest BCUT2D eigenvalue weighted by Gasteiger charge is 2.22.